The molecule has 160 valence electrons. The summed E-state index contributed by atoms with van der Waals surface area (Å²) >= 11 is 6.13. The average molecular weight is 440 g/mol. The monoisotopic (exact) mass is 439 g/mol. The van der Waals surface area contributed by atoms with Gasteiger partial charge in [-0.05, 0) is 56.3 Å². The van der Waals surface area contributed by atoms with Crippen LogP contribution in [-0.4, -0.2) is 36.1 Å². The van der Waals surface area contributed by atoms with Crippen LogP contribution in [-0.2, 0) is 0 Å². The minimum atomic E-state index is -0.393. The van der Waals surface area contributed by atoms with Crippen LogP contribution in [0.1, 0.15) is 21.7 Å². The first-order chi connectivity index (χ1) is 14.9. The van der Waals surface area contributed by atoms with E-state index in [2.05, 4.69) is 25.6 Å². The van der Waals surface area contributed by atoms with Crippen LogP contribution in [0.25, 0.3) is 0 Å². The van der Waals surface area contributed by atoms with E-state index in [1.165, 1.54) is 14.2 Å². The highest BCUT2D eigenvalue weighted by Crippen LogP contribution is 2.27. The number of aromatic nitrogens is 2. The van der Waals surface area contributed by atoms with Crippen molar-refractivity contribution in [1.29, 1.82) is 0 Å². The molecule has 1 amide bonds. The lowest BCUT2D eigenvalue weighted by Gasteiger charge is -2.14. The first kappa shape index (κ1) is 22.0. The summed E-state index contributed by atoms with van der Waals surface area (Å²) in [4.78, 5) is 25.9. The fraction of sp³-hybridized carbons (Fsp3) is 0.182. The van der Waals surface area contributed by atoms with E-state index in [-0.39, 0.29) is 11.9 Å². The lowest BCUT2D eigenvalue weighted by molar-refractivity contribution is 0.0976. The van der Waals surface area contributed by atoms with Crippen LogP contribution in [0, 0.1) is 13.8 Å². The zero-order valence-corrected chi connectivity index (χ0v) is 18.3. The standard InChI is InChI=1S/C22H22ClN5O3/c1-13-10-14(2)25-21(24-13)28-22(26-18-12-16(23)8-9-19(18)31-4)27-20(29)15-6-5-7-17(11-15)30-3/h5-12H,1-4H3,(H2,24,25,26,27,28,29). The van der Waals surface area contributed by atoms with E-state index >= 15 is 0 Å². The highest BCUT2D eigenvalue weighted by Gasteiger charge is 2.14. The van der Waals surface area contributed by atoms with Crippen LogP contribution in [0.2, 0.25) is 5.02 Å². The molecule has 2 N–H and O–H groups in total. The number of rotatable bonds is 5. The van der Waals surface area contributed by atoms with E-state index < -0.39 is 5.91 Å². The Balaban J connectivity index is 1.98. The predicted molar refractivity (Wildman–Crippen MR) is 121 cm³/mol. The molecule has 0 aliphatic heterocycles. The molecule has 2 aromatic carbocycles. The van der Waals surface area contributed by atoms with Crippen molar-refractivity contribution in [2.75, 3.05) is 19.5 Å². The Morgan fingerprint density at radius 1 is 1.00 bits per heavy atom. The summed E-state index contributed by atoms with van der Waals surface area (Å²) in [5.41, 5.74) is 2.42. The molecule has 0 saturated carbocycles. The molecule has 0 radical (unpaired) electrons. The molecule has 3 rings (SSSR count). The van der Waals surface area contributed by atoms with Crippen molar-refractivity contribution in [3.8, 4) is 11.5 Å². The van der Waals surface area contributed by atoms with Gasteiger partial charge in [0.25, 0.3) is 11.9 Å². The van der Waals surface area contributed by atoms with Crippen LogP contribution in [0.5, 0.6) is 11.5 Å². The molecule has 31 heavy (non-hydrogen) atoms. The van der Waals surface area contributed by atoms with Crippen LogP contribution in [0.15, 0.2) is 53.5 Å². The second-order valence-corrected chi connectivity index (χ2v) is 7.00. The average Bonchev–Trinajstić information content (AvgIpc) is 2.73. The van der Waals surface area contributed by atoms with Crippen molar-refractivity contribution in [1.82, 2.24) is 15.3 Å². The van der Waals surface area contributed by atoms with E-state index in [1.807, 2.05) is 19.9 Å². The number of guanidine groups is 1. The van der Waals surface area contributed by atoms with E-state index in [0.29, 0.717) is 27.8 Å². The summed E-state index contributed by atoms with van der Waals surface area (Å²) in [6, 6.07) is 13.7. The topological polar surface area (TPSA) is 97.7 Å². The third kappa shape index (κ3) is 5.93. The Hall–Kier alpha value is -3.65. The van der Waals surface area contributed by atoms with Gasteiger partial charge in [0.05, 0.1) is 19.9 Å². The maximum atomic E-state index is 12.9. The Kier molecular flexibility index (Phi) is 7.04. The fourth-order valence-corrected chi connectivity index (χ4v) is 2.97. The number of benzene rings is 2. The van der Waals surface area contributed by atoms with Crippen molar-refractivity contribution < 1.29 is 14.3 Å². The Bertz CT molecular complexity index is 1110. The summed E-state index contributed by atoms with van der Waals surface area (Å²) in [6.07, 6.45) is 0. The lowest BCUT2D eigenvalue weighted by atomic mass is 10.2. The minimum Gasteiger partial charge on any atom is -0.497 e. The summed E-state index contributed by atoms with van der Waals surface area (Å²) in [6.45, 7) is 3.69. The number of hydrogen-bond donors (Lipinski definition) is 2. The zero-order chi connectivity index (χ0) is 22.4. The molecule has 0 aliphatic rings. The Labute approximate surface area is 185 Å². The molecule has 0 saturated heterocycles. The van der Waals surface area contributed by atoms with E-state index in [9.17, 15) is 4.79 Å². The summed E-state index contributed by atoms with van der Waals surface area (Å²) < 4.78 is 10.6. The van der Waals surface area contributed by atoms with Gasteiger partial charge < -0.3 is 14.8 Å². The molecule has 1 heterocycles. The molecule has 0 spiro atoms. The molecular weight excluding hydrogens is 418 g/mol. The lowest BCUT2D eigenvalue weighted by Crippen LogP contribution is -2.36. The van der Waals surface area contributed by atoms with Crippen molar-refractivity contribution >= 4 is 35.1 Å². The number of aliphatic imine (C=N–C) groups is 1. The van der Waals surface area contributed by atoms with Crippen LogP contribution in [0.4, 0.5) is 11.6 Å². The van der Waals surface area contributed by atoms with Gasteiger partial charge in [0.2, 0.25) is 5.96 Å². The number of anilines is 1. The minimum absolute atomic E-state index is 0.110. The largest absolute Gasteiger partial charge is 0.497 e. The van der Waals surface area contributed by atoms with Gasteiger partial charge in [-0.2, -0.15) is 4.99 Å². The highest BCUT2D eigenvalue weighted by atomic mass is 35.5. The molecule has 8 nitrogen and oxygen atoms in total. The molecule has 9 heteroatoms. The molecule has 0 unspecified atom stereocenters. The van der Waals surface area contributed by atoms with Gasteiger partial charge >= 0.3 is 0 Å². The number of methoxy groups -OCH3 is 2. The number of nitrogens with zero attached hydrogens (tertiary/aromatic N) is 3. The zero-order valence-electron chi connectivity index (χ0n) is 17.6. The Morgan fingerprint density at radius 3 is 2.42 bits per heavy atom. The van der Waals surface area contributed by atoms with Gasteiger partial charge in [0, 0.05) is 22.0 Å². The summed E-state index contributed by atoms with van der Waals surface area (Å²) in [5, 5.41) is 6.30. The number of amides is 1. The Morgan fingerprint density at radius 2 is 1.74 bits per heavy atom. The number of hydrogen-bond acceptors (Lipinski definition) is 6. The van der Waals surface area contributed by atoms with Crippen LogP contribution < -0.4 is 20.1 Å². The first-order valence-electron chi connectivity index (χ1n) is 9.35. The maximum Gasteiger partial charge on any atom is 0.258 e. The molecular formula is C22H22ClN5O3. The van der Waals surface area contributed by atoms with Crippen molar-refractivity contribution in [3.63, 3.8) is 0 Å². The molecule has 0 aliphatic carbocycles. The summed E-state index contributed by atoms with van der Waals surface area (Å²) in [5.74, 6) is 1.00. The number of nitrogens with one attached hydrogen (secondary N) is 2. The highest BCUT2D eigenvalue weighted by molar-refractivity contribution is 6.31. The number of aryl methyl sites for hydroxylation is 2. The van der Waals surface area contributed by atoms with Crippen LogP contribution >= 0.6 is 11.6 Å². The van der Waals surface area contributed by atoms with E-state index in [4.69, 9.17) is 21.1 Å². The first-order valence-corrected chi connectivity index (χ1v) is 9.72. The summed E-state index contributed by atoms with van der Waals surface area (Å²) in [7, 11) is 3.07. The normalized spacial score (nSPS) is 11.1. The third-order valence-electron chi connectivity index (χ3n) is 4.16. The van der Waals surface area contributed by atoms with Gasteiger partial charge in [0.15, 0.2) is 0 Å². The number of ether oxygens (including phenoxy) is 2. The predicted octanol–water partition coefficient (Wildman–Crippen LogP) is 4.29. The number of carbonyl (C=O) groups is 1. The molecule has 1 aromatic heterocycles. The second kappa shape index (κ2) is 9.90. The molecule has 3 aromatic rings. The van der Waals surface area contributed by atoms with E-state index in [1.54, 1.807) is 42.5 Å². The SMILES string of the molecule is COc1cccc(C(=O)N/C(=N\c2nc(C)cc(C)n2)Nc2cc(Cl)ccc2OC)c1. The molecule has 0 fully saturated rings. The van der Waals surface area contributed by atoms with Crippen molar-refractivity contribution in [2.45, 2.75) is 13.8 Å². The second-order valence-electron chi connectivity index (χ2n) is 6.57. The smallest absolute Gasteiger partial charge is 0.258 e. The quantitative estimate of drug-likeness (QED) is 0.454. The van der Waals surface area contributed by atoms with Gasteiger partial charge in [-0.25, -0.2) is 9.97 Å². The van der Waals surface area contributed by atoms with Gasteiger partial charge in [-0.1, -0.05) is 17.7 Å². The van der Waals surface area contributed by atoms with E-state index in [0.717, 1.165) is 11.4 Å². The molecule has 0 bridgehead atoms. The fourth-order valence-electron chi connectivity index (χ4n) is 2.79. The van der Waals surface area contributed by atoms with Crippen LogP contribution in [0.3, 0.4) is 0 Å². The van der Waals surface area contributed by atoms with Gasteiger partial charge in [-0.3, -0.25) is 10.1 Å². The third-order valence-corrected chi connectivity index (χ3v) is 4.40. The van der Waals surface area contributed by atoms with Gasteiger partial charge in [0.1, 0.15) is 11.5 Å². The van der Waals surface area contributed by atoms with Gasteiger partial charge in [-0.15, -0.1) is 0 Å². The number of carbonyl (C=O) groups excluding carboxylic acids is 1. The van der Waals surface area contributed by atoms with Crippen molar-refractivity contribution in [3.05, 3.63) is 70.5 Å². The number of halogens is 1. The maximum absolute atomic E-state index is 12.9. The van der Waals surface area contributed by atoms with Crippen molar-refractivity contribution in [2.24, 2.45) is 4.99 Å². The molecule has 0 atom stereocenters.